The van der Waals surface area contributed by atoms with E-state index in [1.54, 1.807) is 4.90 Å². The van der Waals surface area contributed by atoms with Crippen LogP contribution in [-0.2, 0) is 4.79 Å². The molecule has 92 valence electrons. The fourth-order valence-electron chi connectivity index (χ4n) is 2.04. The van der Waals surface area contributed by atoms with Gasteiger partial charge in [-0.3, -0.25) is 4.79 Å². The van der Waals surface area contributed by atoms with Crippen molar-refractivity contribution < 1.29 is 4.79 Å². The van der Waals surface area contributed by atoms with Gasteiger partial charge in [0.15, 0.2) is 0 Å². The summed E-state index contributed by atoms with van der Waals surface area (Å²) < 4.78 is 0. The van der Waals surface area contributed by atoms with Gasteiger partial charge in [-0.2, -0.15) is 0 Å². The number of amides is 1. The Morgan fingerprint density at radius 3 is 2.56 bits per heavy atom. The second-order valence-corrected chi connectivity index (χ2v) is 5.41. The van der Waals surface area contributed by atoms with E-state index in [0.717, 1.165) is 25.3 Å². The predicted molar refractivity (Wildman–Crippen MR) is 70.1 cm³/mol. The van der Waals surface area contributed by atoms with Gasteiger partial charge in [0.2, 0.25) is 5.91 Å². The normalized spacial score (nSPS) is 24.9. The number of thiocarbonyl (C=S) groups is 1. The summed E-state index contributed by atoms with van der Waals surface area (Å²) in [6.45, 7) is 5.12. The average molecular weight is 242 g/mol. The van der Waals surface area contributed by atoms with E-state index in [1.807, 2.05) is 14.0 Å². The molecule has 0 bridgehead atoms. The largest absolute Gasteiger partial charge is 0.393 e. The van der Waals surface area contributed by atoms with Crippen LogP contribution < -0.4 is 5.73 Å². The van der Waals surface area contributed by atoms with Gasteiger partial charge in [0, 0.05) is 13.6 Å². The van der Waals surface area contributed by atoms with Gasteiger partial charge in [-0.05, 0) is 24.7 Å². The molecule has 3 unspecified atom stereocenters. The summed E-state index contributed by atoms with van der Waals surface area (Å²) in [5.74, 6) is 1.28. The van der Waals surface area contributed by atoms with Crippen LogP contribution in [0, 0.1) is 17.8 Å². The number of hydrogen-bond donors (Lipinski definition) is 1. The topological polar surface area (TPSA) is 46.3 Å². The van der Waals surface area contributed by atoms with Crippen molar-refractivity contribution in [2.24, 2.45) is 23.5 Å². The number of carbonyl (C=O) groups is 1. The lowest BCUT2D eigenvalue weighted by molar-refractivity contribution is -0.132. The smallest absolute Gasteiger partial charge is 0.232 e. The Labute approximate surface area is 103 Å². The molecule has 3 nitrogen and oxygen atoms in total. The predicted octanol–water partition coefficient (Wildman–Crippen LogP) is 1.80. The Bertz CT molecular complexity index is 280. The first-order valence-corrected chi connectivity index (χ1v) is 6.42. The van der Waals surface area contributed by atoms with E-state index in [0.29, 0.717) is 10.9 Å². The highest BCUT2D eigenvalue weighted by molar-refractivity contribution is 7.80. The highest BCUT2D eigenvalue weighted by Gasteiger charge is 2.35. The van der Waals surface area contributed by atoms with Crippen molar-refractivity contribution in [3.05, 3.63) is 0 Å². The van der Waals surface area contributed by atoms with E-state index in [2.05, 4.69) is 6.92 Å². The summed E-state index contributed by atoms with van der Waals surface area (Å²) >= 11 is 4.96. The summed E-state index contributed by atoms with van der Waals surface area (Å²) in [6, 6.07) is 0. The number of hydrogen-bond acceptors (Lipinski definition) is 2. The first-order chi connectivity index (χ1) is 7.47. The summed E-state index contributed by atoms with van der Waals surface area (Å²) in [5, 5.41) is 0. The van der Waals surface area contributed by atoms with Crippen LogP contribution in [-0.4, -0.2) is 29.4 Å². The molecule has 0 spiro atoms. The SMILES string of the molecule is CCCC(C(=O)N(C)CC1CC1C)C(N)=S. The van der Waals surface area contributed by atoms with Crippen LogP contribution in [0.25, 0.3) is 0 Å². The zero-order valence-electron chi connectivity index (χ0n) is 10.4. The van der Waals surface area contributed by atoms with Crippen LogP contribution in [0.1, 0.15) is 33.1 Å². The van der Waals surface area contributed by atoms with E-state index in [4.69, 9.17) is 18.0 Å². The van der Waals surface area contributed by atoms with Gasteiger partial charge < -0.3 is 10.6 Å². The van der Waals surface area contributed by atoms with Crippen LogP contribution in [0.3, 0.4) is 0 Å². The summed E-state index contributed by atoms with van der Waals surface area (Å²) in [4.78, 5) is 14.2. The van der Waals surface area contributed by atoms with Crippen molar-refractivity contribution in [3.63, 3.8) is 0 Å². The maximum Gasteiger partial charge on any atom is 0.232 e. The molecule has 1 aliphatic carbocycles. The minimum Gasteiger partial charge on any atom is -0.393 e. The van der Waals surface area contributed by atoms with Gasteiger partial charge in [0.1, 0.15) is 0 Å². The van der Waals surface area contributed by atoms with Crippen molar-refractivity contribution in [2.75, 3.05) is 13.6 Å². The Morgan fingerprint density at radius 2 is 2.19 bits per heavy atom. The lowest BCUT2D eigenvalue weighted by Gasteiger charge is -2.23. The zero-order valence-corrected chi connectivity index (χ0v) is 11.2. The second-order valence-electron chi connectivity index (χ2n) is 4.94. The third-order valence-corrected chi connectivity index (χ3v) is 3.66. The maximum atomic E-state index is 12.1. The number of nitrogens with two attached hydrogens (primary N) is 1. The van der Waals surface area contributed by atoms with Crippen LogP contribution in [0.4, 0.5) is 0 Å². The zero-order chi connectivity index (χ0) is 12.3. The third kappa shape index (κ3) is 3.44. The third-order valence-electron chi connectivity index (χ3n) is 3.38. The molecule has 0 aliphatic heterocycles. The molecule has 1 amide bonds. The Morgan fingerprint density at radius 1 is 1.62 bits per heavy atom. The molecule has 4 heteroatoms. The van der Waals surface area contributed by atoms with Crippen LogP contribution in [0.2, 0.25) is 0 Å². The van der Waals surface area contributed by atoms with Gasteiger partial charge in [-0.15, -0.1) is 0 Å². The molecule has 0 aromatic carbocycles. The molecular weight excluding hydrogens is 220 g/mol. The molecule has 1 fully saturated rings. The van der Waals surface area contributed by atoms with Crippen molar-refractivity contribution >= 4 is 23.1 Å². The molecular formula is C12H22N2OS. The molecule has 2 N–H and O–H groups in total. The number of nitrogens with zero attached hydrogens (tertiary/aromatic N) is 1. The van der Waals surface area contributed by atoms with Gasteiger partial charge >= 0.3 is 0 Å². The Balaban J connectivity index is 2.48. The van der Waals surface area contributed by atoms with E-state index in [-0.39, 0.29) is 11.8 Å². The molecule has 0 radical (unpaired) electrons. The lowest BCUT2D eigenvalue weighted by Crippen LogP contribution is -2.40. The molecule has 1 rings (SSSR count). The summed E-state index contributed by atoms with van der Waals surface area (Å²) in [7, 11) is 1.86. The van der Waals surface area contributed by atoms with Gasteiger partial charge in [0.05, 0.1) is 10.9 Å². The summed E-state index contributed by atoms with van der Waals surface area (Å²) in [5.41, 5.74) is 5.62. The van der Waals surface area contributed by atoms with Gasteiger partial charge in [-0.1, -0.05) is 32.5 Å². The maximum absolute atomic E-state index is 12.1. The molecule has 3 atom stereocenters. The quantitative estimate of drug-likeness (QED) is 0.723. The van der Waals surface area contributed by atoms with Gasteiger partial charge in [0.25, 0.3) is 0 Å². The van der Waals surface area contributed by atoms with E-state index < -0.39 is 0 Å². The highest BCUT2D eigenvalue weighted by Crippen LogP contribution is 2.38. The standard InChI is InChI=1S/C12H22N2OS/c1-4-5-10(11(13)16)12(15)14(3)7-9-6-8(9)2/h8-10H,4-7H2,1-3H3,(H2,13,16). The molecule has 0 saturated heterocycles. The molecule has 1 saturated carbocycles. The number of carbonyl (C=O) groups excluding carboxylic acids is 1. The summed E-state index contributed by atoms with van der Waals surface area (Å²) in [6.07, 6.45) is 2.93. The van der Waals surface area contributed by atoms with Crippen molar-refractivity contribution in [3.8, 4) is 0 Å². The van der Waals surface area contributed by atoms with E-state index in [1.165, 1.54) is 6.42 Å². The fraction of sp³-hybridized carbons (Fsp3) is 0.833. The molecule has 1 aliphatic rings. The monoisotopic (exact) mass is 242 g/mol. The van der Waals surface area contributed by atoms with Crippen LogP contribution in [0.15, 0.2) is 0 Å². The first kappa shape index (κ1) is 13.4. The highest BCUT2D eigenvalue weighted by atomic mass is 32.1. The average Bonchev–Trinajstić information content (AvgIpc) is 2.89. The molecule has 16 heavy (non-hydrogen) atoms. The van der Waals surface area contributed by atoms with Crippen molar-refractivity contribution in [1.29, 1.82) is 0 Å². The molecule has 0 aromatic rings. The van der Waals surface area contributed by atoms with Crippen LogP contribution >= 0.6 is 12.2 Å². The lowest BCUT2D eigenvalue weighted by atomic mass is 10.0. The van der Waals surface area contributed by atoms with E-state index >= 15 is 0 Å². The second kappa shape index (κ2) is 5.62. The van der Waals surface area contributed by atoms with Crippen molar-refractivity contribution in [1.82, 2.24) is 4.90 Å². The number of rotatable bonds is 6. The minimum absolute atomic E-state index is 0.0912. The Kier molecular flexibility index (Phi) is 4.71. The fourth-order valence-corrected chi connectivity index (χ4v) is 2.26. The molecule has 0 aromatic heterocycles. The van der Waals surface area contributed by atoms with Gasteiger partial charge in [-0.25, -0.2) is 0 Å². The first-order valence-electron chi connectivity index (χ1n) is 6.01. The van der Waals surface area contributed by atoms with Crippen LogP contribution in [0.5, 0.6) is 0 Å². The van der Waals surface area contributed by atoms with Crippen molar-refractivity contribution in [2.45, 2.75) is 33.1 Å². The molecule has 0 heterocycles. The Hall–Kier alpha value is -0.640. The van der Waals surface area contributed by atoms with E-state index in [9.17, 15) is 4.79 Å². The minimum atomic E-state index is -0.265.